The number of piperidine rings is 1. The molecular formula is C16H32N2O. The summed E-state index contributed by atoms with van der Waals surface area (Å²) in [4.78, 5) is 2.58. The van der Waals surface area contributed by atoms with Gasteiger partial charge < -0.3 is 15.3 Å². The predicted molar refractivity (Wildman–Crippen MR) is 80.2 cm³/mol. The van der Waals surface area contributed by atoms with E-state index in [4.69, 9.17) is 0 Å². The van der Waals surface area contributed by atoms with Gasteiger partial charge >= 0.3 is 0 Å². The molecule has 0 spiro atoms. The van der Waals surface area contributed by atoms with Crippen molar-refractivity contribution in [2.75, 3.05) is 26.2 Å². The molecular weight excluding hydrogens is 236 g/mol. The summed E-state index contributed by atoms with van der Waals surface area (Å²) in [7, 11) is 0. The van der Waals surface area contributed by atoms with E-state index < -0.39 is 0 Å². The van der Waals surface area contributed by atoms with E-state index in [1.165, 1.54) is 19.4 Å². The third-order valence-electron chi connectivity index (χ3n) is 4.38. The van der Waals surface area contributed by atoms with E-state index in [2.05, 4.69) is 31.0 Å². The molecule has 0 aromatic carbocycles. The number of nitrogens with zero attached hydrogens (tertiary/aromatic N) is 1. The first-order valence-corrected chi connectivity index (χ1v) is 7.97. The Morgan fingerprint density at radius 3 is 2.47 bits per heavy atom. The standard InChI is InChI=1S/C16H32N2O/c1-12(19)14-7-15(17-11-16(2,3)4)10-18(9-14)8-13-5-6-13/h12-15,17,19H,5-11H2,1-4H3. The van der Waals surface area contributed by atoms with Crippen molar-refractivity contribution in [2.45, 2.75) is 59.1 Å². The monoisotopic (exact) mass is 268 g/mol. The lowest BCUT2D eigenvalue weighted by atomic mass is 9.89. The summed E-state index contributed by atoms with van der Waals surface area (Å²) in [5.41, 5.74) is 0.332. The van der Waals surface area contributed by atoms with Crippen molar-refractivity contribution >= 4 is 0 Å². The fraction of sp³-hybridized carbons (Fsp3) is 1.00. The predicted octanol–water partition coefficient (Wildman–Crippen LogP) is 2.10. The Bertz CT molecular complexity index is 281. The Kier molecular flexibility index (Phi) is 4.91. The summed E-state index contributed by atoms with van der Waals surface area (Å²) < 4.78 is 0. The van der Waals surface area contributed by atoms with Crippen LogP contribution in [0.1, 0.15) is 47.0 Å². The van der Waals surface area contributed by atoms with Crippen LogP contribution in [-0.2, 0) is 0 Å². The number of hydrogen-bond acceptors (Lipinski definition) is 3. The van der Waals surface area contributed by atoms with Gasteiger partial charge in [-0.3, -0.25) is 0 Å². The number of aliphatic hydroxyl groups is 1. The second-order valence-electron chi connectivity index (χ2n) is 8.04. The summed E-state index contributed by atoms with van der Waals surface area (Å²) in [5, 5.41) is 13.7. The van der Waals surface area contributed by atoms with E-state index in [1.54, 1.807) is 0 Å². The fourth-order valence-electron chi connectivity index (χ4n) is 2.99. The third-order valence-corrected chi connectivity index (χ3v) is 4.38. The first-order valence-electron chi connectivity index (χ1n) is 7.97. The van der Waals surface area contributed by atoms with E-state index in [0.717, 1.165) is 32.0 Å². The van der Waals surface area contributed by atoms with Gasteiger partial charge in [0.15, 0.2) is 0 Å². The first kappa shape index (κ1) is 15.3. The molecule has 2 rings (SSSR count). The maximum absolute atomic E-state index is 9.94. The van der Waals surface area contributed by atoms with Gasteiger partial charge in [-0.05, 0) is 43.4 Å². The minimum absolute atomic E-state index is 0.180. The van der Waals surface area contributed by atoms with Crippen LogP contribution in [0.3, 0.4) is 0 Å². The molecule has 0 radical (unpaired) electrons. The van der Waals surface area contributed by atoms with Gasteiger partial charge in [0.2, 0.25) is 0 Å². The number of aliphatic hydroxyl groups excluding tert-OH is 1. The molecule has 1 saturated heterocycles. The quantitative estimate of drug-likeness (QED) is 0.801. The van der Waals surface area contributed by atoms with Crippen molar-refractivity contribution in [3.05, 3.63) is 0 Å². The summed E-state index contributed by atoms with van der Waals surface area (Å²) in [5.74, 6) is 1.38. The van der Waals surface area contributed by atoms with Crippen LogP contribution in [0.25, 0.3) is 0 Å². The van der Waals surface area contributed by atoms with Gasteiger partial charge in [-0.2, -0.15) is 0 Å². The molecule has 2 N–H and O–H groups in total. The van der Waals surface area contributed by atoms with Crippen LogP contribution < -0.4 is 5.32 Å². The van der Waals surface area contributed by atoms with Crippen molar-refractivity contribution in [1.82, 2.24) is 10.2 Å². The van der Waals surface area contributed by atoms with E-state index in [0.29, 0.717) is 17.4 Å². The van der Waals surface area contributed by atoms with Gasteiger partial charge in [0.05, 0.1) is 6.10 Å². The second-order valence-corrected chi connectivity index (χ2v) is 8.04. The van der Waals surface area contributed by atoms with Crippen LogP contribution in [0.5, 0.6) is 0 Å². The lowest BCUT2D eigenvalue weighted by Crippen LogP contribution is -2.53. The highest BCUT2D eigenvalue weighted by Gasteiger charge is 2.33. The number of likely N-dealkylation sites (tertiary alicyclic amines) is 1. The molecule has 3 nitrogen and oxygen atoms in total. The van der Waals surface area contributed by atoms with Crippen LogP contribution in [0.2, 0.25) is 0 Å². The van der Waals surface area contributed by atoms with Gasteiger partial charge in [-0.25, -0.2) is 0 Å². The summed E-state index contributed by atoms with van der Waals surface area (Å²) in [6, 6.07) is 0.548. The Balaban J connectivity index is 1.85. The molecule has 2 aliphatic rings. The van der Waals surface area contributed by atoms with Crippen LogP contribution in [-0.4, -0.2) is 48.3 Å². The molecule has 1 saturated carbocycles. The molecule has 3 atom stereocenters. The van der Waals surface area contributed by atoms with Gasteiger partial charge in [-0.15, -0.1) is 0 Å². The SMILES string of the molecule is CC(O)C1CC(NCC(C)(C)C)CN(CC2CC2)C1. The van der Waals surface area contributed by atoms with Crippen molar-refractivity contribution in [3.8, 4) is 0 Å². The zero-order valence-corrected chi connectivity index (χ0v) is 13.2. The van der Waals surface area contributed by atoms with Crippen molar-refractivity contribution in [2.24, 2.45) is 17.3 Å². The molecule has 0 aromatic heterocycles. The van der Waals surface area contributed by atoms with Gasteiger partial charge in [0.25, 0.3) is 0 Å². The van der Waals surface area contributed by atoms with Crippen LogP contribution >= 0.6 is 0 Å². The zero-order chi connectivity index (χ0) is 14.0. The molecule has 1 heterocycles. The molecule has 112 valence electrons. The summed E-state index contributed by atoms with van der Waals surface area (Å²) in [6.45, 7) is 13.3. The molecule has 0 bridgehead atoms. The molecule has 1 aliphatic carbocycles. The first-order chi connectivity index (χ1) is 8.83. The molecule has 3 unspecified atom stereocenters. The number of hydrogen-bond donors (Lipinski definition) is 2. The van der Waals surface area contributed by atoms with Crippen LogP contribution in [0.15, 0.2) is 0 Å². The Hall–Kier alpha value is -0.120. The molecule has 19 heavy (non-hydrogen) atoms. The molecule has 2 fully saturated rings. The average Bonchev–Trinajstić information content (AvgIpc) is 3.09. The highest BCUT2D eigenvalue weighted by molar-refractivity contribution is 4.89. The minimum Gasteiger partial charge on any atom is -0.393 e. The van der Waals surface area contributed by atoms with Gasteiger partial charge in [-0.1, -0.05) is 20.8 Å². The van der Waals surface area contributed by atoms with Gasteiger partial charge in [0, 0.05) is 32.2 Å². The van der Waals surface area contributed by atoms with E-state index >= 15 is 0 Å². The van der Waals surface area contributed by atoms with Gasteiger partial charge in [0.1, 0.15) is 0 Å². The largest absolute Gasteiger partial charge is 0.393 e. The molecule has 1 aliphatic heterocycles. The Labute approximate surface area is 118 Å². The van der Waals surface area contributed by atoms with E-state index in [-0.39, 0.29) is 6.10 Å². The third kappa shape index (κ3) is 5.41. The maximum Gasteiger partial charge on any atom is 0.0553 e. The highest BCUT2D eigenvalue weighted by Crippen LogP contribution is 2.31. The lowest BCUT2D eigenvalue weighted by Gasteiger charge is -2.40. The minimum atomic E-state index is -0.180. The Morgan fingerprint density at radius 2 is 1.95 bits per heavy atom. The normalized spacial score (nSPS) is 31.4. The maximum atomic E-state index is 9.94. The topological polar surface area (TPSA) is 35.5 Å². The lowest BCUT2D eigenvalue weighted by molar-refractivity contribution is 0.0446. The summed E-state index contributed by atoms with van der Waals surface area (Å²) >= 11 is 0. The smallest absolute Gasteiger partial charge is 0.0553 e. The van der Waals surface area contributed by atoms with Crippen LogP contribution in [0.4, 0.5) is 0 Å². The molecule has 3 heteroatoms. The Morgan fingerprint density at radius 1 is 1.26 bits per heavy atom. The van der Waals surface area contributed by atoms with Crippen molar-refractivity contribution in [3.63, 3.8) is 0 Å². The zero-order valence-electron chi connectivity index (χ0n) is 13.2. The average molecular weight is 268 g/mol. The van der Waals surface area contributed by atoms with E-state index in [1.807, 2.05) is 6.92 Å². The van der Waals surface area contributed by atoms with E-state index in [9.17, 15) is 5.11 Å². The highest BCUT2D eigenvalue weighted by atomic mass is 16.3. The molecule has 0 amide bonds. The van der Waals surface area contributed by atoms with Crippen LogP contribution in [0, 0.1) is 17.3 Å². The number of nitrogens with one attached hydrogen (secondary N) is 1. The molecule has 0 aromatic rings. The van der Waals surface area contributed by atoms with Crippen molar-refractivity contribution in [1.29, 1.82) is 0 Å². The summed E-state index contributed by atoms with van der Waals surface area (Å²) in [6.07, 6.45) is 3.77. The fourth-order valence-corrected chi connectivity index (χ4v) is 2.99. The second kappa shape index (κ2) is 6.11. The number of rotatable bonds is 5. The van der Waals surface area contributed by atoms with Crippen molar-refractivity contribution < 1.29 is 5.11 Å².